The molecule has 0 aliphatic rings. The molecule has 0 N–H and O–H groups in total. The van der Waals surface area contributed by atoms with Gasteiger partial charge in [0.2, 0.25) is 0 Å². The van der Waals surface area contributed by atoms with E-state index in [1.807, 2.05) is 0 Å². The van der Waals surface area contributed by atoms with E-state index in [-0.39, 0.29) is 0 Å². The molecule has 0 rings (SSSR count). The lowest BCUT2D eigenvalue weighted by Gasteiger charge is -2.03. The lowest BCUT2D eigenvalue weighted by atomic mass is 10.0. The van der Waals surface area contributed by atoms with Crippen molar-refractivity contribution in [2.75, 3.05) is 0 Å². The van der Waals surface area contributed by atoms with E-state index in [2.05, 4.69) is 26.8 Å². The molecule has 0 radical (unpaired) electrons. The maximum atomic E-state index is 2.51. The van der Waals surface area contributed by atoms with Gasteiger partial charge in [0.25, 0.3) is 0 Å². The van der Waals surface area contributed by atoms with Gasteiger partial charge in [-0.05, 0) is 32.1 Å². The minimum atomic E-state index is 1.26. The summed E-state index contributed by atoms with van der Waals surface area (Å²) in [6.07, 6.45) is 17.6. The molecule has 0 aromatic heterocycles. The average Bonchev–Trinajstić information content (AvgIpc) is 2.32. The highest BCUT2D eigenvalue weighted by Gasteiger charge is 1.94. The monoisotopic (exact) mass is 224 g/mol. The molecular weight excluding hydrogens is 192 g/mol. The Morgan fingerprint density at radius 1 is 0.750 bits per heavy atom. The molecule has 16 heavy (non-hydrogen) atoms. The molecule has 0 unspecified atom stereocenters. The van der Waals surface area contributed by atoms with Gasteiger partial charge < -0.3 is 0 Å². The van der Waals surface area contributed by atoms with Crippen molar-refractivity contribution in [3.63, 3.8) is 0 Å². The molecule has 0 nitrogen and oxygen atoms in total. The predicted octanol–water partition coefficient (Wildman–Crippen LogP) is 6.26. The van der Waals surface area contributed by atoms with E-state index in [1.165, 1.54) is 70.6 Å². The van der Waals surface area contributed by atoms with E-state index in [0.717, 1.165) is 0 Å². The van der Waals surface area contributed by atoms with Crippen LogP contribution in [0, 0.1) is 0 Å². The van der Waals surface area contributed by atoms with Crippen LogP contribution in [0.15, 0.2) is 11.6 Å². The second-order valence-electron chi connectivity index (χ2n) is 4.88. The number of hydrogen-bond donors (Lipinski definition) is 0. The zero-order valence-electron chi connectivity index (χ0n) is 11.9. The summed E-state index contributed by atoms with van der Waals surface area (Å²) in [5.74, 6) is 0. The molecule has 0 fully saturated rings. The van der Waals surface area contributed by atoms with E-state index in [9.17, 15) is 0 Å². The minimum absolute atomic E-state index is 1.26. The van der Waals surface area contributed by atoms with Gasteiger partial charge in [0.1, 0.15) is 0 Å². The van der Waals surface area contributed by atoms with Crippen LogP contribution in [0.5, 0.6) is 0 Å². The molecule has 0 aliphatic heterocycles. The minimum Gasteiger partial charge on any atom is -0.0853 e. The first-order valence-corrected chi connectivity index (χ1v) is 7.53. The summed E-state index contributed by atoms with van der Waals surface area (Å²) in [6.45, 7) is 6.85. The maximum absolute atomic E-state index is 2.51. The van der Waals surface area contributed by atoms with Crippen LogP contribution in [0.3, 0.4) is 0 Å². The topological polar surface area (TPSA) is 0 Å². The molecule has 0 spiro atoms. The van der Waals surface area contributed by atoms with Gasteiger partial charge in [-0.3, -0.25) is 0 Å². The van der Waals surface area contributed by atoms with Crippen molar-refractivity contribution in [2.24, 2.45) is 0 Å². The number of allylic oxidation sites excluding steroid dienone is 2. The first-order valence-electron chi connectivity index (χ1n) is 7.53. The summed E-state index contributed by atoms with van der Waals surface area (Å²) in [4.78, 5) is 0. The van der Waals surface area contributed by atoms with Crippen LogP contribution in [0.4, 0.5) is 0 Å². The normalized spacial score (nSPS) is 12.1. The Labute approximate surface area is 104 Å². The summed E-state index contributed by atoms with van der Waals surface area (Å²) >= 11 is 0. The van der Waals surface area contributed by atoms with Crippen molar-refractivity contribution in [3.05, 3.63) is 11.6 Å². The largest absolute Gasteiger partial charge is 0.0853 e. The van der Waals surface area contributed by atoms with Gasteiger partial charge in [-0.25, -0.2) is 0 Å². The zero-order valence-corrected chi connectivity index (χ0v) is 11.9. The third kappa shape index (κ3) is 10.3. The van der Waals surface area contributed by atoms with E-state index in [0.29, 0.717) is 0 Å². The number of hydrogen-bond acceptors (Lipinski definition) is 0. The van der Waals surface area contributed by atoms with Crippen LogP contribution in [-0.4, -0.2) is 0 Å². The highest BCUT2D eigenvalue weighted by molar-refractivity contribution is 5.00. The quantitative estimate of drug-likeness (QED) is 0.287. The van der Waals surface area contributed by atoms with E-state index < -0.39 is 0 Å². The Bertz CT molecular complexity index is 155. The van der Waals surface area contributed by atoms with Crippen molar-refractivity contribution < 1.29 is 0 Å². The third-order valence-electron chi connectivity index (χ3n) is 3.30. The maximum Gasteiger partial charge on any atom is -0.0321 e. The summed E-state index contributed by atoms with van der Waals surface area (Å²) in [7, 11) is 0. The Hall–Kier alpha value is -0.260. The second kappa shape index (κ2) is 12.8. The van der Waals surface area contributed by atoms with Gasteiger partial charge in [-0.1, -0.05) is 70.9 Å². The summed E-state index contributed by atoms with van der Waals surface area (Å²) in [5.41, 5.74) is 1.69. The highest BCUT2D eigenvalue weighted by Crippen LogP contribution is 2.14. The van der Waals surface area contributed by atoms with Crippen molar-refractivity contribution in [1.82, 2.24) is 0 Å². The van der Waals surface area contributed by atoms with Crippen molar-refractivity contribution in [3.8, 4) is 0 Å². The van der Waals surface area contributed by atoms with Gasteiger partial charge in [0.15, 0.2) is 0 Å². The van der Waals surface area contributed by atoms with Crippen molar-refractivity contribution in [2.45, 2.75) is 91.4 Å². The molecule has 0 aliphatic carbocycles. The van der Waals surface area contributed by atoms with Crippen LogP contribution in [-0.2, 0) is 0 Å². The molecule has 0 aromatic carbocycles. The summed E-state index contributed by atoms with van der Waals surface area (Å²) in [6, 6.07) is 0. The fraction of sp³-hybridized carbons (Fsp3) is 0.875. The van der Waals surface area contributed by atoms with E-state index >= 15 is 0 Å². The molecule has 0 heterocycles. The molecule has 0 saturated heterocycles. The van der Waals surface area contributed by atoms with E-state index in [1.54, 1.807) is 5.57 Å². The second-order valence-corrected chi connectivity index (χ2v) is 4.88. The first-order chi connectivity index (χ1) is 7.85. The Morgan fingerprint density at radius 3 is 2.00 bits per heavy atom. The molecule has 0 aromatic rings. The molecule has 0 atom stereocenters. The zero-order chi connectivity index (χ0) is 12.1. The fourth-order valence-corrected chi connectivity index (χ4v) is 2.06. The van der Waals surface area contributed by atoms with Crippen LogP contribution in [0.1, 0.15) is 91.4 Å². The molecule has 96 valence electrons. The van der Waals surface area contributed by atoms with Gasteiger partial charge in [-0.15, -0.1) is 0 Å². The SMILES string of the molecule is CCCCCCCC/C=C(\CC)CCCC. The molecule has 0 bridgehead atoms. The van der Waals surface area contributed by atoms with Crippen LogP contribution >= 0.6 is 0 Å². The lowest BCUT2D eigenvalue weighted by molar-refractivity contribution is 0.609. The lowest BCUT2D eigenvalue weighted by Crippen LogP contribution is -1.83. The molecule has 0 heteroatoms. The van der Waals surface area contributed by atoms with Crippen LogP contribution < -0.4 is 0 Å². The Morgan fingerprint density at radius 2 is 1.38 bits per heavy atom. The van der Waals surface area contributed by atoms with Gasteiger partial charge in [0, 0.05) is 0 Å². The van der Waals surface area contributed by atoms with Crippen molar-refractivity contribution in [1.29, 1.82) is 0 Å². The van der Waals surface area contributed by atoms with Crippen LogP contribution in [0.2, 0.25) is 0 Å². The third-order valence-corrected chi connectivity index (χ3v) is 3.30. The molecular formula is C16H32. The van der Waals surface area contributed by atoms with Gasteiger partial charge in [-0.2, -0.15) is 0 Å². The fourth-order valence-electron chi connectivity index (χ4n) is 2.06. The molecule has 0 saturated carbocycles. The smallest absolute Gasteiger partial charge is 0.0321 e. The Kier molecular flexibility index (Phi) is 12.6. The number of unbranched alkanes of at least 4 members (excludes halogenated alkanes) is 7. The standard InChI is InChI=1S/C16H32/c1-4-7-9-10-11-12-13-15-16(6-3)14-8-5-2/h15H,4-14H2,1-3H3/b16-15+. The van der Waals surface area contributed by atoms with Crippen molar-refractivity contribution >= 4 is 0 Å². The summed E-state index contributed by atoms with van der Waals surface area (Å²) < 4.78 is 0. The number of rotatable bonds is 11. The highest BCUT2D eigenvalue weighted by atomic mass is 14.0. The van der Waals surface area contributed by atoms with Crippen LogP contribution in [0.25, 0.3) is 0 Å². The Balaban J connectivity index is 3.40. The van der Waals surface area contributed by atoms with Gasteiger partial charge >= 0.3 is 0 Å². The predicted molar refractivity (Wildman–Crippen MR) is 75.9 cm³/mol. The average molecular weight is 224 g/mol. The first kappa shape index (κ1) is 15.7. The van der Waals surface area contributed by atoms with Gasteiger partial charge in [0.05, 0.1) is 0 Å². The summed E-state index contributed by atoms with van der Waals surface area (Å²) in [5, 5.41) is 0. The molecule has 0 amide bonds. The van der Waals surface area contributed by atoms with E-state index in [4.69, 9.17) is 0 Å².